The summed E-state index contributed by atoms with van der Waals surface area (Å²) in [5.74, 6) is 0.110. The van der Waals surface area contributed by atoms with Crippen molar-refractivity contribution in [2.75, 3.05) is 19.1 Å². The molecule has 0 heterocycles. The van der Waals surface area contributed by atoms with Gasteiger partial charge in [-0.25, -0.2) is 4.79 Å². The largest absolute Gasteiger partial charge is 0.497 e. The molecule has 0 atom stereocenters. The van der Waals surface area contributed by atoms with Crippen LogP contribution in [0.1, 0.15) is 6.92 Å². The first-order valence-corrected chi connectivity index (χ1v) is 4.45. The average Bonchev–Trinajstić information content (AvgIpc) is 2.14. The van der Waals surface area contributed by atoms with Crippen LogP contribution in [-0.4, -0.2) is 25.1 Å². The van der Waals surface area contributed by atoms with Crippen molar-refractivity contribution in [2.24, 2.45) is 0 Å². The third-order valence-corrected chi connectivity index (χ3v) is 1.35. The highest BCUT2D eigenvalue weighted by Gasteiger charge is 2.01. The second kappa shape index (κ2) is 7.68. The molecule has 0 unspecified atom stereocenters. The quantitative estimate of drug-likeness (QED) is 0.218. The zero-order chi connectivity index (χ0) is 10.1. The molecule has 0 aliphatic heterocycles. The van der Waals surface area contributed by atoms with E-state index >= 15 is 0 Å². The number of carbonyl (C=O) groups is 1. The lowest BCUT2D eigenvalue weighted by molar-refractivity contribution is -0.136. The average molecular weight is 205 g/mol. The molecular formula is C9H13ClO3. The standard InChI is InChI=1S/C9H13ClO3/c1-3-5-13-9(11)6-8(7-10)12-4-2/h3,6H,1,4-5,7H2,2H3. The molecule has 0 aromatic heterocycles. The number of ether oxygens (including phenoxy) is 2. The maximum Gasteiger partial charge on any atom is 0.334 e. The summed E-state index contributed by atoms with van der Waals surface area (Å²) in [6.07, 6.45) is 2.73. The fourth-order valence-corrected chi connectivity index (χ4v) is 0.773. The number of allylic oxidation sites excluding steroid dienone is 1. The molecule has 0 N–H and O–H groups in total. The van der Waals surface area contributed by atoms with Crippen molar-refractivity contribution < 1.29 is 14.3 Å². The van der Waals surface area contributed by atoms with E-state index in [1.54, 1.807) is 0 Å². The molecule has 0 saturated carbocycles. The molecule has 74 valence electrons. The Morgan fingerprint density at radius 2 is 2.23 bits per heavy atom. The predicted molar refractivity (Wildman–Crippen MR) is 51.6 cm³/mol. The fraction of sp³-hybridized carbons (Fsp3) is 0.444. The van der Waals surface area contributed by atoms with Gasteiger partial charge in [0.1, 0.15) is 12.4 Å². The summed E-state index contributed by atoms with van der Waals surface area (Å²) in [5, 5.41) is 0. The van der Waals surface area contributed by atoms with E-state index in [9.17, 15) is 4.79 Å². The Morgan fingerprint density at radius 3 is 2.69 bits per heavy atom. The molecule has 0 rings (SSSR count). The van der Waals surface area contributed by atoms with Crippen LogP contribution >= 0.6 is 11.6 Å². The SMILES string of the molecule is C=CCOC(=O)C=C(CCl)OCC. The molecule has 0 aliphatic carbocycles. The molecule has 0 aromatic carbocycles. The summed E-state index contributed by atoms with van der Waals surface area (Å²) in [4.78, 5) is 11.0. The van der Waals surface area contributed by atoms with Gasteiger partial charge in [0.25, 0.3) is 0 Å². The van der Waals surface area contributed by atoms with Gasteiger partial charge in [0.2, 0.25) is 0 Å². The van der Waals surface area contributed by atoms with Crippen LogP contribution in [0.5, 0.6) is 0 Å². The number of hydrogen-bond acceptors (Lipinski definition) is 3. The molecule has 0 spiro atoms. The Balaban J connectivity index is 3.99. The van der Waals surface area contributed by atoms with E-state index < -0.39 is 5.97 Å². The Bertz CT molecular complexity index is 199. The van der Waals surface area contributed by atoms with Crippen molar-refractivity contribution in [1.82, 2.24) is 0 Å². The molecule has 0 saturated heterocycles. The Labute approximate surface area is 83.0 Å². The van der Waals surface area contributed by atoms with Gasteiger partial charge in [-0.1, -0.05) is 12.7 Å². The molecule has 3 nitrogen and oxygen atoms in total. The molecule has 0 aromatic rings. The van der Waals surface area contributed by atoms with Gasteiger partial charge < -0.3 is 9.47 Å². The number of hydrogen-bond donors (Lipinski definition) is 0. The Morgan fingerprint density at radius 1 is 1.54 bits per heavy atom. The minimum atomic E-state index is -0.469. The summed E-state index contributed by atoms with van der Waals surface area (Å²) in [6.45, 7) is 5.90. The number of carbonyl (C=O) groups excluding carboxylic acids is 1. The maximum atomic E-state index is 11.0. The summed E-state index contributed by atoms with van der Waals surface area (Å²) in [7, 11) is 0. The monoisotopic (exact) mass is 204 g/mol. The third kappa shape index (κ3) is 6.22. The van der Waals surface area contributed by atoms with Gasteiger partial charge in [0, 0.05) is 0 Å². The van der Waals surface area contributed by atoms with Crippen molar-refractivity contribution in [3.05, 3.63) is 24.5 Å². The van der Waals surface area contributed by atoms with Gasteiger partial charge in [-0.15, -0.1) is 11.6 Å². The Kier molecular flexibility index (Phi) is 7.11. The summed E-state index contributed by atoms with van der Waals surface area (Å²) >= 11 is 5.50. The maximum absolute atomic E-state index is 11.0. The van der Waals surface area contributed by atoms with Crippen molar-refractivity contribution in [3.8, 4) is 0 Å². The highest BCUT2D eigenvalue weighted by atomic mass is 35.5. The normalized spacial score (nSPS) is 10.8. The van der Waals surface area contributed by atoms with E-state index in [1.807, 2.05) is 6.92 Å². The zero-order valence-electron chi connectivity index (χ0n) is 7.59. The predicted octanol–water partition coefficient (Wildman–Crippen LogP) is 1.87. The van der Waals surface area contributed by atoms with E-state index in [2.05, 4.69) is 6.58 Å². The molecule has 13 heavy (non-hydrogen) atoms. The topological polar surface area (TPSA) is 35.5 Å². The Hall–Kier alpha value is -0.960. The zero-order valence-corrected chi connectivity index (χ0v) is 8.34. The fourth-order valence-electron chi connectivity index (χ4n) is 0.618. The molecule has 0 fully saturated rings. The number of alkyl halides is 1. The van der Waals surface area contributed by atoms with Gasteiger partial charge in [0.15, 0.2) is 0 Å². The van der Waals surface area contributed by atoms with Crippen molar-refractivity contribution in [1.29, 1.82) is 0 Å². The van der Waals surface area contributed by atoms with E-state index in [0.29, 0.717) is 12.4 Å². The summed E-state index contributed by atoms with van der Waals surface area (Å²) < 4.78 is 9.74. The van der Waals surface area contributed by atoms with Crippen LogP contribution < -0.4 is 0 Å². The third-order valence-electron chi connectivity index (χ3n) is 1.08. The van der Waals surface area contributed by atoms with Gasteiger partial charge in [-0.05, 0) is 6.92 Å². The smallest absolute Gasteiger partial charge is 0.334 e. The molecule has 4 heteroatoms. The lowest BCUT2D eigenvalue weighted by Gasteiger charge is -2.04. The second-order valence-electron chi connectivity index (χ2n) is 2.10. The van der Waals surface area contributed by atoms with Gasteiger partial charge in [0.05, 0.1) is 18.6 Å². The molecule has 0 aliphatic rings. The van der Waals surface area contributed by atoms with Crippen molar-refractivity contribution >= 4 is 17.6 Å². The highest BCUT2D eigenvalue weighted by Crippen LogP contribution is 2.00. The first kappa shape index (κ1) is 12.0. The van der Waals surface area contributed by atoms with E-state index in [0.717, 1.165) is 0 Å². The second-order valence-corrected chi connectivity index (χ2v) is 2.36. The minimum absolute atomic E-state index is 0.164. The van der Waals surface area contributed by atoms with Crippen LogP contribution in [0.3, 0.4) is 0 Å². The molecule has 0 radical (unpaired) electrons. The molecule has 0 bridgehead atoms. The van der Waals surface area contributed by atoms with Gasteiger partial charge >= 0.3 is 5.97 Å². The first-order valence-electron chi connectivity index (χ1n) is 3.91. The molecular weight excluding hydrogens is 192 g/mol. The number of halogens is 1. The minimum Gasteiger partial charge on any atom is -0.497 e. The van der Waals surface area contributed by atoms with E-state index in [4.69, 9.17) is 21.1 Å². The molecule has 0 amide bonds. The summed E-state index contributed by atoms with van der Waals surface area (Å²) in [5.41, 5.74) is 0. The van der Waals surface area contributed by atoms with Crippen LogP contribution in [0.4, 0.5) is 0 Å². The van der Waals surface area contributed by atoms with Crippen molar-refractivity contribution in [2.45, 2.75) is 6.92 Å². The van der Waals surface area contributed by atoms with Crippen LogP contribution in [-0.2, 0) is 14.3 Å². The first-order chi connectivity index (χ1) is 6.24. The number of rotatable bonds is 6. The van der Waals surface area contributed by atoms with Crippen LogP contribution in [0.25, 0.3) is 0 Å². The van der Waals surface area contributed by atoms with Crippen LogP contribution in [0.2, 0.25) is 0 Å². The van der Waals surface area contributed by atoms with Crippen LogP contribution in [0, 0.1) is 0 Å². The van der Waals surface area contributed by atoms with E-state index in [1.165, 1.54) is 12.2 Å². The highest BCUT2D eigenvalue weighted by molar-refractivity contribution is 6.19. The van der Waals surface area contributed by atoms with Gasteiger partial charge in [-0.3, -0.25) is 0 Å². The number of esters is 1. The lowest BCUT2D eigenvalue weighted by atomic mass is 10.5. The van der Waals surface area contributed by atoms with Crippen LogP contribution in [0.15, 0.2) is 24.5 Å². The van der Waals surface area contributed by atoms with Crippen molar-refractivity contribution in [3.63, 3.8) is 0 Å². The van der Waals surface area contributed by atoms with E-state index in [-0.39, 0.29) is 12.5 Å². The van der Waals surface area contributed by atoms with Gasteiger partial charge in [-0.2, -0.15) is 0 Å². The summed E-state index contributed by atoms with van der Waals surface area (Å²) in [6, 6.07) is 0. The lowest BCUT2D eigenvalue weighted by Crippen LogP contribution is -2.04.